The van der Waals surface area contributed by atoms with E-state index in [9.17, 15) is 0 Å². The molecule has 0 unspecified atom stereocenters. The largest absolute Gasteiger partial charge is 0.369 e. The highest BCUT2D eigenvalue weighted by Gasteiger charge is 2.32. The molecule has 0 fully saturated rings. The van der Waals surface area contributed by atoms with Crippen LogP contribution in [0.3, 0.4) is 0 Å². The Kier molecular flexibility index (Phi) is 4.68. The maximum atomic E-state index is 6.25. The third-order valence-corrected chi connectivity index (χ3v) is 5.36. The van der Waals surface area contributed by atoms with E-state index in [4.69, 9.17) is 5.73 Å². The first kappa shape index (κ1) is 17.0. The third-order valence-electron chi connectivity index (χ3n) is 5.36. The van der Waals surface area contributed by atoms with Gasteiger partial charge in [0.2, 0.25) is 0 Å². The smallest absolute Gasteiger partial charge is 0.0584 e. The molecular weight excluding hydrogens is 296 g/mol. The van der Waals surface area contributed by atoms with Crippen LogP contribution in [0.4, 0.5) is 5.69 Å². The minimum absolute atomic E-state index is 0.0725. The number of nitrogens with zero attached hydrogens (tertiary/aromatic N) is 3. The van der Waals surface area contributed by atoms with Crippen LogP contribution in [0.5, 0.6) is 0 Å². The minimum atomic E-state index is 0.0725. The molecule has 0 saturated carbocycles. The van der Waals surface area contributed by atoms with Crippen molar-refractivity contribution in [2.75, 3.05) is 18.0 Å². The second-order valence-electron chi connectivity index (χ2n) is 7.60. The minimum Gasteiger partial charge on any atom is -0.369 e. The van der Waals surface area contributed by atoms with E-state index in [1.165, 1.54) is 28.8 Å². The molecule has 0 spiro atoms. The summed E-state index contributed by atoms with van der Waals surface area (Å²) in [7, 11) is 0. The Balaban J connectivity index is 1.96. The molecule has 4 heteroatoms. The molecule has 0 saturated heterocycles. The second-order valence-corrected chi connectivity index (χ2v) is 7.60. The van der Waals surface area contributed by atoms with Crippen molar-refractivity contribution in [2.45, 2.75) is 58.5 Å². The monoisotopic (exact) mass is 326 g/mol. The average Bonchev–Trinajstić information content (AvgIpc) is 3.06. The van der Waals surface area contributed by atoms with E-state index in [1.54, 1.807) is 0 Å². The van der Waals surface area contributed by atoms with Crippen molar-refractivity contribution < 1.29 is 0 Å². The lowest BCUT2D eigenvalue weighted by Crippen LogP contribution is -2.39. The third kappa shape index (κ3) is 3.20. The number of aromatic nitrogens is 2. The summed E-state index contributed by atoms with van der Waals surface area (Å²) in [5.41, 5.74) is 12.0. The highest BCUT2D eigenvalue weighted by Crippen LogP contribution is 2.42. The molecule has 4 nitrogen and oxygen atoms in total. The molecule has 130 valence electrons. The standard InChI is InChI=1S/C20H30N4/c1-5-16-13-18-19(14-17(16)15(2)21)23(10-7-20(18,3)4)11-12-24-9-6-8-22-24/h6,8-9,13-15H,5,7,10-12,21H2,1-4H3/t15-/m1/s1. The number of aryl methyl sites for hydroxylation is 1. The Morgan fingerprint density at radius 3 is 2.71 bits per heavy atom. The van der Waals surface area contributed by atoms with E-state index in [0.29, 0.717) is 0 Å². The molecule has 0 aliphatic carbocycles. The number of anilines is 1. The maximum absolute atomic E-state index is 6.25. The fourth-order valence-electron chi connectivity index (χ4n) is 3.74. The SMILES string of the molecule is CCc1cc2c(cc1[C@@H](C)N)N(CCn1cccn1)CCC2(C)C. The molecule has 1 aromatic carbocycles. The number of fused-ring (bicyclic) bond motifs is 1. The van der Waals surface area contributed by atoms with Gasteiger partial charge in [-0.05, 0) is 54.0 Å². The van der Waals surface area contributed by atoms with Gasteiger partial charge in [-0.3, -0.25) is 4.68 Å². The summed E-state index contributed by atoms with van der Waals surface area (Å²) in [6.45, 7) is 12.0. The Hall–Kier alpha value is -1.81. The first-order valence-electron chi connectivity index (χ1n) is 9.07. The summed E-state index contributed by atoms with van der Waals surface area (Å²) < 4.78 is 2.01. The van der Waals surface area contributed by atoms with Crippen LogP contribution in [0, 0.1) is 0 Å². The van der Waals surface area contributed by atoms with Crippen LogP contribution in [0.25, 0.3) is 0 Å². The van der Waals surface area contributed by atoms with Gasteiger partial charge in [0.05, 0.1) is 6.54 Å². The Morgan fingerprint density at radius 2 is 2.08 bits per heavy atom. The average molecular weight is 326 g/mol. The molecule has 3 rings (SSSR count). The van der Waals surface area contributed by atoms with E-state index in [0.717, 1.165) is 26.1 Å². The molecule has 0 bridgehead atoms. The number of hydrogen-bond acceptors (Lipinski definition) is 3. The molecule has 2 N–H and O–H groups in total. The highest BCUT2D eigenvalue weighted by atomic mass is 15.3. The Morgan fingerprint density at radius 1 is 1.29 bits per heavy atom. The van der Waals surface area contributed by atoms with Crippen molar-refractivity contribution in [3.8, 4) is 0 Å². The van der Waals surface area contributed by atoms with Crippen LogP contribution < -0.4 is 10.6 Å². The van der Waals surface area contributed by atoms with Gasteiger partial charge in [0, 0.05) is 37.2 Å². The first-order valence-corrected chi connectivity index (χ1v) is 9.07. The van der Waals surface area contributed by atoms with Crippen molar-refractivity contribution in [1.82, 2.24) is 9.78 Å². The van der Waals surface area contributed by atoms with Gasteiger partial charge in [0.1, 0.15) is 0 Å². The molecule has 24 heavy (non-hydrogen) atoms. The molecule has 1 atom stereocenters. The van der Waals surface area contributed by atoms with Crippen LogP contribution in [-0.2, 0) is 18.4 Å². The lowest BCUT2D eigenvalue weighted by atomic mass is 9.76. The van der Waals surface area contributed by atoms with E-state index in [2.05, 4.69) is 49.8 Å². The summed E-state index contributed by atoms with van der Waals surface area (Å²) in [6, 6.07) is 6.81. The van der Waals surface area contributed by atoms with Crippen LogP contribution in [-0.4, -0.2) is 22.9 Å². The van der Waals surface area contributed by atoms with Gasteiger partial charge in [-0.1, -0.05) is 26.8 Å². The normalized spacial score (nSPS) is 17.6. The number of benzene rings is 1. The zero-order valence-corrected chi connectivity index (χ0v) is 15.4. The predicted octanol–water partition coefficient (Wildman–Crippen LogP) is 3.65. The number of hydrogen-bond donors (Lipinski definition) is 1. The molecule has 1 aliphatic heterocycles. The molecule has 0 amide bonds. The zero-order valence-electron chi connectivity index (χ0n) is 15.4. The molecule has 2 heterocycles. The van der Waals surface area contributed by atoms with E-state index in [1.807, 2.05) is 23.1 Å². The molecule has 2 aromatic rings. The van der Waals surface area contributed by atoms with Gasteiger partial charge in [-0.25, -0.2) is 0 Å². The van der Waals surface area contributed by atoms with E-state index >= 15 is 0 Å². The number of rotatable bonds is 5. The van der Waals surface area contributed by atoms with Gasteiger partial charge in [-0.2, -0.15) is 5.10 Å². The second kappa shape index (κ2) is 6.60. The van der Waals surface area contributed by atoms with Crippen molar-refractivity contribution in [3.05, 3.63) is 47.3 Å². The summed E-state index contributed by atoms with van der Waals surface area (Å²) >= 11 is 0. The molecular formula is C20H30N4. The summed E-state index contributed by atoms with van der Waals surface area (Å²) in [5.74, 6) is 0. The quantitative estimate of drug-likeness (QED) is 0.912. The van der Waals surface area contributed by atoms with Gasteiger partial charge in [0.25, 0.3) is 0 Å². The predicted molar refractivity (Wildman–Crippen MR) is 101 cm³/mol. The fraction of sp³-hybridized carbons (Fsp3) is 0.550. The van der Waals surface area contributed by atoms with Crippen molar-refractivity contribution >= 4 is 5.69 Å². The van der Waals surface area contributed by atoms with Crippen molar-refractivity contribution in [3.63, 3.8) is 0 Å². The van der Waals surface area contributed by atoms with E-state index in [-0.39, 0.29) is 11.5 Å². The van der Waals surface area contributed by atoms with Gasteiger partial charge >= 0.3 is 0 Å². The number of nitrogens with two attached hydrogens (primary N) is 1. The van der Waals surface area contributed by atoms with E-state index < -0.39 is 0 Å². The van der Waals surface area contributed by atoms with Gasteiger partial charge in [0.15, 0.2) is 0 Å². The molecule has 1 aromatic heterocycles. The maximum Gasteiger partial charge on any atom is 0.0584 e. The van der Waals surface area contributed by atoms with Crippen molar-refractivity contribution in [2.24, 2.45) is 5.73 Å². The molecule has 1 aliphatic rings. The van der Waals surface area contributed by atoms with Crippen LogP contribution >= 0.6 is 0 Å². The summed E-state index contributed by atoms with van der Waals surface area (Å²) in [4.78, 5) is 2.51. The Bertz CT molecular complexity index is 686. The van der Waals surface area contributed by atoms with Crippen LogP contribution in [0.1, 0.15) is 56.8 Å². The Labute approximate surface area is 145 Å². The highest BCUT2D eigenvalue weighted by molar-refractivity contribution is 5.62. The lowest BCUT2D eigenvalue weighted by Gasteiger charge is -2.41. The lowest BCUT2D eigenvalue weighted by molar-refractivity contribution is 0.445. The fourth-order valence-corrected chi connectivity index (χ4v) is 3.74. The van der Waals surface area contributed by atoms with Crippen molar-refractivity contribution in [1.29, 1.82) is 0 Å². The summed E-state index contributed by atoms with van der Waals surface area (Å²) in [5, 5.41) is 4.33. The first-order chi connectivity index (χ1) is 11.4. The van der Waals surface area contributed by atoms with Gasteiger partial charge in [-0.15, -0.1) is 0 Å². The topological polar surface area (TPSA) is 47.1 Å². The van der Waals surface area contributed by atoms with Crippen LogP contribution in [0.2, 0.25) is 0 Å². The summed E-state index contributed by atoms with van der Waals surface area (Å²) in [6.07, 6.45) is 6.09. The van der Waals surface area contributed by atoms with Gasteiger partial charge < -0.3 is 10.6 Å². The molecule has 0 radical (unpaired) electrons. The van der Waals surface area contributed by atoms with Crippen LogP contribution in [0.15, 0.2) is 30.6 Å². The zero-order chi connectivity index (χ0) is 17.3.